The molecule has 2 N–H and O–H groups in total. The number of amides is 1. The molecule has 1 aliphatic rings. The van der Waals surface area contributed by atoms with E-state index in [2.05, 4.69) is 20.5 Å². The van der Waals surface area contributed by atoms with Crippen LogP contribution in [0.25, 0.3) is 17.1 Å². The Morgan fingerprint density at radius 3 is 2.77 bits per heavy atom. The lowest BCUT2D eigenvalue weighted by atomic mass is 10.1. The zero-order valence-electron chi connectivity index (χ0n) is 14.0. The zero-order valence-corrected chi connectivity index (χ0v) is 14.0. The number of pyridine rings is 1. The van der Waals surface area contributed by atoms with Gasteiger partial charge in [0.05, 0.1) is 12.7 Å². The minimum Gasteiger partial charge on any atom is -0.497 e. The average Bonchev–Trinajstić information content (AvgIpc) is 3.25. The van der Waals surface area contributed by atoms with Gasteiger partial charge in [-0.3, -0.25) is 4.79 Å². The second-order valence-electron chi connectivity index (χ2n) is 5.67. The summed E-state index contributed by atoms with van der Waals surface area (Å²) < 4.78 is 10.9. The van der Waals surface area contributed by atoms with Crippen LogP contribution in [0, 0.1) is 0 Å². The molecule has 3 aromatic rings. The molecule has 130 valence electrons. The third-order valence-corrected chi connectivity index (χ3v) is 4.07. The first-order chi connectivity index (χ1) is 12.7. The number of methoxy groups -OCH3 is 1. The van der Waals surface area contributed by atoms with Gasteiger partial charge in [-0.15, -0.1) is 0 Å². The van der Waals surface area contributed by atoms with Crippen molar-refractivity contribution in [1.29, 1.82) is 0 Å². The van der Waals surface area contributed by atoms with Gasteiger partial charge >= 0.3 is 0 Å². The summed E-state index contributed by atoms with van der Waals surface area (Å²) >= 11 is 0. The van der Waals surface area contributed by atoms with Gasteiger partial charge in [0.2, 0.25) is 0 Å². The summed E-state index contributed by atoms with van der Waals surface area (Å²) in [5.74, 6) is 1.17. The minimum absolute atomic E-state index is 0.178. The molecule has 0 bridgehead atoms. The smallest absolute Gasteiger partial charge is 0.273 e. The van der Waals surface area contributed by atoms with Gasteiger partial charge < -0.3 is 14.5 Å². The van der Waals surface area contributed by atoms with E-state index in [0.717, 1.165) is 22.3 Å². The van der Waals surface area contributed by atoms with E-state index in [4.69, 9.17) is 9.47 Å². The van der Waals surface area contributed by atoms with Crippen molar-refractivity contribution >= 4 is 28.7 Å². The molecule has 0 saturated carbocycles. The first-order valence-corrected chi connectivity index (χ1v) is 8.02. The number of nitrogens with one attached hydrogen (secondary N) is 2. The highest BCUT2D eigenvalue weighted by Crippen LogP contribution is 2.21. The summed E-state index contributed by atoms with van der Waals surface area (Å²) in [6.07, 6.45) is 5.32. The number of nitrogens with zero attached hydrogens (tertiary/aromatic N) is 2. The number of aromatic amines is 1. The maximum absolute atomic E-state index is 12.1. The largest absolute Gasteiger partial charge is 0.497 e. The quantitative estimate of drug-likeness (QED) is 0.694. The number of H-pyrrole nitrogens is 1. The van der Waals surface area contributed by atoms with Crippen LogP contribution >= 0.6 is 0 Å². The first-order valence-electron chi connectivity index (χ1n) is 8.02. The van der Waals surface area contributed by atoms with E-state index in [-0.39, 0.29) is 12.5 Å². The van der Waals surface area contributed by atoms with Gasteiger partial charge in [-0.05, 0) is 42.5 Å². The van der Waals surface area contributed by atoms with Crippen molar-refractivity contribution in [3.63, 3.8) is 0 Å². The van der Waals surface area contributed by atoms with Crippen molar-refractivity contribution < 1.29 is 14.3 Å². The van der Waals surface area contributed by atoms with Gasteiger partial charge in [0.25, 0.3) is 5.91 Å². The number of fused-ring (bicyclic) bond motifs is 1. The van der Waals surface area contributed by atoms with Crippen LogP contribution in [-0.4, -0.2) is 35.3 Å². The van der Waals surface area contributed by atoms with Gasteiger partial charge in [-0.2, -0.15) is 5.10 Å². The van der Waals surface area contributed by atoms with Gasteiger partial charge in [0.15, 0.2) is 0 Å². The van der Waals surface area contributed by atoms with Gasteiger partial charge in [-0.25, -0.2) is 10.4 Å². The molecular weight excluding hydrogens is 332 g/mol. The lowest BCUT2D eigenvalue weighted by molar-refractivity contribution is -0.116. The number of carbonyl (C=O) groups excluding carboxylic acids is 1. The molecule has 3 heterocycles. The van der Waals surface area contributed by atoms with E-state index in [1.54, 1.807) is 31.5 Å². The second-order valence-corrected chi connectivity index (χ2v) is 5.67. The summed E-state index contributed by atoms with van der Waals surface area (Å²) in [6, 6.07) is 11.0. The Morgan fingerprint density at radius 1 is 1.15 bits per heavy atom. The van der Waals surface area contributed by atoms with Gasteiger partial charge in [0.1, 0.15) is 29.5 Å². The van der Waals surface area contributed by atoms with Crippen LogP contribution in [-0.2, 0) is 4.79 Å². The van der Waals surface area contributed by atoms with Crippen LogP contribution in [0.4, 0.5) is 0 Å². The standard InChI is InChI=1S/C19H16N4O3/c1-25-13-4-6-14(7-5-13)26-11-17-16(19(24)23-22-17)9-12-10-21-18-15(12)3-2-8-20-18/h2-10H,11H2,1H3,(H,20,21)(H,23,24). The van der Waals surface area contributed by atoms with E-state index in [1.165, 1.54) is 0 Å². The summed E-state index contributed by atoms with van der Waals surface area (Å²) in [7, 11) is 1.61. The van der Waals surface area contributed by atoms with Gasteiger partial charge in [-0.1, -0.05) is 0 Å². The van der Waals surface area contributed by atoms with Crippen molar-refractivity contribution in [1.82, 2.24) is 15.4 Å². The molecule has 7 heteroatoms. The van der Waals surface area contributed by atoms with Crippen LogP contribution < -0.4 is 14.9 Å². The minimum atomic E-state index is -0.253. The van der Waals surface area contributed by atoms with Crippen LogP contribution in [0.3, 0.4) is 0 Å². The van der Waals surface area contributed by atoms with Gasteiger partial charge in [0, 0.05) is 23.3 Å². The SMILES string of the molecule is COc1ccc(OCC2=NNC(=O)C2=Cc2c[nH]c3ncccc23)cc1. The van der Waals surface area contributed by atoms with Crippen molar-refractivity contribution in [3.8, 4) is 11.5 Å². The molecule has 0 unspecified atom stereocenters. The highest BCUT2D eigenvalue weighted by Gasteiger charge is 2.23. The first kappa shape index (κ1) is 15.9. The summed E-state index contributed by atoms with van der Waals surface area (Å²) in [6.45, 7) is 0.178. The number of hydrogen-bond donors (Lipinski definition) is 2. The zero-order chi connectivity index (χ0) is 17.9. The maximum atomic E-state index is 12.1. The number of benzene rings is 1. The molecule has 4 rings (SSSR count). The molecule has 26 heavy (non-hydrogen) atoms. The fraction of sp³-hybridized carbons (Fsp3) is 0.105. The number of aromatic nitrogens is 2. The van der Waals surface area contributed by atoms with E-state index in [9.17, 15) is 4.79 Å². The predicted molar refractivity (Wildman–Crippen MR) is 98.1 cm³/mol. The Bertz CT molecular complexity index is 1020. The van der Waals surface area contributed by atoms with E-state index < -0.39 is 0 Å². The Labute approximate surface area is 149 Å². The molecule has 7 nitrogen and oxygen atoms in total. The predicted octanol–water partition coefficient (Wildman–Crippen LogP) is 2.52. The fourth-order valence-electron chi connectivity index (χ4n) is 2.70. The number of rotatable bonds is 5. The maximum Gasteiger partial charge on any atom is 0.273 e. The average molecular weight is 348 g/mol. The number of carbonyl (C=O) groups is 1. The highest BCUT2D eigenvalue weighted by molar-refractivity contribution is 6.28. The molecule has 0 atom stereocenters. The number of hydrazone groups is 1. The van der Waals surface area contributed by atoms with Crippen molar-refractivity contribution in [2.24, 2.45) is 5.10 Å². The Balaban J connectivity index is 1.55. The monoisotopic (exact) mass is 348 g/mol. The molecule has 1 aliphatic heterocycles. The Hall–Kier alpha value is -3.61. The topological polar surface area (TPSA) is 88.6 Å². The van der Waals surface area contributed by atoms with Crippen molar-refractivity contribution in [2.45, 2.75) is 0 Å². The molecule has 0 spiro atoms. The third-order valence-electron chi connectivity index (χ3n) is 4.07. The second kappa shape index (κ2) is 6.72. The van der Waals surface area contributed by atoms with Crippen LogP contribution in [0.5, 0.6) is 11.5 Å². The molecule has 0 radical (unpaired) electrons. The molecular formula is C19H16N4O3. The van der Waals surface area contributed by atoms with Crippen LogP contribution in [0.2, 0.25) is 0 Å². The van der Waals surface area contributed by atoms with E-state index in [0.29, 0.717) is 17.0 Å². The molecule has 1 amide bonds. The molecule has 0 saturated heterocycles. The van der Waals surface area contributed by atoms with Crippen LogP contribution in [0.15, 0.2) is 59.5 Å². The van der Waals surface area contributed by atoms with Crippen LogP contribution in [0.1, 0.15) is 5.56 Å². The summed E-state index contributed by atoms with van der Waals surface area (Å²) in [5, 5.41) is 5.02. The normalized spacial score (nSPS) is 15.2. The Kier molecular flexibility index (Phi) is 4.10. The molecule has 0 aliphatic carbocycles. The number of hydrogen-bond acceptors (Lipinski definition) is 5. The van der Waals surface area contributed by atoms with E-state index in [1.807, 2.05) is 30.5 Å². The Morgan fingerprint density at radius 2 is 1.96 bits per heavy atom. The third kappa shape index (κ3) is 3.02. The lowest BCUT2D eigenvalue weighted by Gasteiger charge is -2.07. The fourth-order valence-corrected chi connectivity index (χ4v) is 2.70. The molecule has 2 aromatic heterocycles. The number of ether oxygens (including phenoxy) is 2. The van der Waals surface area contributed by atoms with E-state index >= 15 is 0 Å². The molecule has 0 fully saturated rings. The van der Waals surface area contributed by atoms with Crippen molar-refractivity contribution in [3.05, 3.63) is 59.9 Å². The molecule has 1 aromatic carbocycles. The van der Waals surface area contributed by atoms with Crippen molar-refractivity contribution in [2.75, 3.05) is 13.7 Å². The lowest BCUT2D eigenvalue weighted by Crippen LogP contribution is -2.16. The summed E-state index contributed by atoms with van der Waals surface area (Å²) in [5.41, 5.74) is 5.15. The summed E-state index contributed by atoms with van der Waals surface area (Å²) in [4.78, 5) is 19.5. The highest BCUT2D eigenvalue weighted by atomic mass is 16.5.